The van der Waals surface area contributed by atoms with Gasteiger partial charge in [-0.3, -0.25) is 9.89 Å². The van der Waals surface area contributed by atoms with Gasteiger partial charge in [-0.2, -0.15) is 8.78 Å². The molecule has 0 radical (unpaired) electrons. The Kier molecular flexibility index (Phi) is 6.88. The average Bonchev–Trinajstić information content (AvgIpc) is 3.52. The van der Waals surface area contributed by atoms with Crippen molar-refractivity contribution in [1.82, 2.24) is 15.5 Å². The third-order valence-corrected chi connectivity index (χ3v) is 5.05. The van der Waals surface area contributed by atoms with E-state index >= 15 is 0 Å². The Bertz CT molecular complexity index is 645. The summed E-state index contributed by atoms with van der Waals surface area (Å²) < 4.78 is 29.8. The number of nitrogens with one attached hydrogen (secondary N) is 2. The van der Waals surface area contributed by atoms with Crippen LogP contribution in [0, 0.1) is 12.8 Å². The van der Waals surface area contributed by atoms with Gasteiger partial charge in [0, 0.05) is 44.8 Å². The molecule has 3 rings (SSSR count). The molecule has 2 saturated carbocycles. The van der Waals surface area contributed by atoms with Crippen LogP contribution in [0.5, 0.6) is 5.75 Å². The molecule has 2 fully saturated rings. The number of nitrogens with zero attached hydrogens (tertiary/aromatic N) is 2. The van der Waals surface area contributed by atoms with E-state index in [0.29, 0.717) is 18.1 Å². The first-order chi connectivity index (χ1) is 13.0. The first-order valence-electron chi connectivity index (χ1n) is 9.78. The predicted octanol–water partition coefficient (Wildman–Crippen LogP) is 3.14. The Balaban J connectivity index is 1.46. The molecule has 0 amide bonds. The van der Waals surface area contributed by atoms with E-state index in [-0.39, 0.29) is 5.75 Å². The molecule has 0 unspecified atom stereocenters. The zero-order valence-corrected chi connectivity index (χ0v) is 16.2. The lowest BCUT2D eigenvalue weighted by molar-refractivity contribution is -0.0504. The van der Waals surface area contributed by atoms with Gasteiger partial charge >= 0.3 is 6.61 Å². The molecule has 0 saturated heterocycles. The van der Waals surface area contributed by atoms with Gasteiger partial charge in [-0.1, -0.05) is 17.7 Å². The molecule has 0 spiro atoms. The molecule has 0 atom stereocenters. The number of guanidine groups is 1. The smallest absolute Gasteiger partial charge is 0.387 e. The van der Waals surface area contributed by atoms with Crippen LogP contribution in [-0.2, 0) is 6.54 Å². The number of ether oxygens (including phenoxy) is 1. The van der Waals surface area contributed by atoms with E-state index in [9.17, 15) is 8.78 Å². The van der Waals surface area contributed by atoms with Crippen LogP contribution in [0.4, 0.5) is 8.78 Å². The van der Waals surface area contributed by atoms with Gasteiger partial charge in [0.15, 0.2) is 5.96 Å². The lowest BCUT2D eigenvalue weighted by atomic mass is 10.1. The number of aliphatic imine (C=N–C) groups is 1. The Labute approximate surface area is 160 Å². The highest BCUT2D eigenvalue weighted by atomic mass is 19.3. The standard InChI is InChI=1S/C20H30F2N4O/c1-14-3-8-18(27-19(21)22)16(11-14)12-25-20(23-2)24-9-10-26(17-6-7-17)13-15-4-5-15/h3,8,11,15,17,19H,4-7,9-10,12-13H2,1-2H3,(H2,23,24,25). The summed E-state index contributed by atoms with van der Waals surface area (Å²) in [6.45, 7) is 2.51. The maximum absolute atomic E-state index is 12.6. The zero-order valence-electron chi connectivity index (χ0n) is 16.2. The van der Waals surface area contributed by atoms with Gasteiger partial charge in [0.1, 0.15) is 5.75 Å². The molecule has 0 aromatic heterocycles. The van der Waals surface area contributed by atoms with E-state index in [1.165, 1.54) is 32.2 Å². The van der Waals surface area contributed by atoms with Crippen molar-refractivity contribution in [2.75, 3.05) is 26.7 Å². The van der Waals surface area contributed by atoms with Crippen LogP contribution in [-0.4, -0.2) is 50.2 Å². The maximum Gasteiger partial charge on any atom is 0.387 e. The summed E-state index contributed by atoms with van der Waals surface area (Å²) in [4.78, 5) is 6.82. The Morgan fingerprint density at radius 1 is 1.26 bits per heavy atom. The molecule has 0 aliphatic heterocycles. The van der Waals surface area contributed by atoms with E-state index in [1.54, 1.807) is 19.2 Å². The minimum absolute atomic E-state index is 0.197. The number of benzene rings is 1. The number of hydrogen-bond acceptors (Lipinski definition) is 3. The van der Waals surface area contributed by atoms with Crippen LogP contribution >= 0.6 is 0 Å². The highest BCUT2D eigenvalue weighted by molar-refractivity contribution is 5.79. The Morgan fingerprint density at radius 2 is 2.04 bits per heavy atom. The van der Waals surface area contributed by atoms with Gasteiger partial charge in [0.05, 0.1) is 0 Å². The summed E-state index contributed by atoms with van der Waals surface area (Å²) >= 11 is 0. The Hall–Kier alpha value is -1.89. The number of aryl methyl sites for hydroxylation is 1. The summed E-state index contributed by atoms with van der Waals surface area (Å²) in [5.74, 6) is 1.77. The fraction of sp³-hybridized carbons (Fsp3) is 0.650. The monoisotopic (exact) mass is 380 g/mol. The summed E-state index contributed by atoms with van der Waals surface area (Å²) in [5.41, 5.74) is 1.68. The van der Waals surface area contributed by atoms with E-state index in [1.807, 2.05) is 13.0 Å². The SMILES string of the molecule is CN=C(NCCN(CC1CC1)C1CC1)NCc1cc(C)ccc1OC(F)F. The molecule has 27 heavy (non-hydrogen) atoms. The molecular formula is C20H30F2N4O. The van der Waals surface area contributed by atoms with Crippen molar-refractivity contribution in [2.45, 2.75) is 51.8 Å². The summed E-state index contributed by atoms with van der Waals surface area (Å²) in [7, 11) is 1.71. The van der Waals surface area contributed by atoms with E-state index in [0.717, 1.165) is 30.6 Å². The number of halogens is 2. The van der Waals surface area contributed by atoms with Crippen LogP contribution < -0.4 is 15.4 Å². The fourth-order valence-corrected chi connectivity index (χ4v) is 3.27. The molecule has 0 heterocycles. The van der Waals surface area contributed by atoms with Gasteiger partial charge in [-0.05, 0) is 44.6 Å². The van der Waals surface area contributed by atoms with Gasteiger partial charge in [0.25, 0.3) is 0 Å². The lowest BCUT2D eigenvalue weighted by Crippen LogP contribution is -2.42. The highest BCUT2D eigenvalue weighted by Crippen LogP contribution is 2.34. The second-order valence-electron chi connectivity index (χ2n) is 7.51. The van der Waals surface area contributed by atoms with Crippen LogP contribution in [0.2, 0.25) is 0 Å². The third-order valence-electron chi connectivity index (χ3n) is 5.05. The lowest BCUT2D eigenvalue weighted by Gasteiger charge is -2.22. The molecule has 0 bridgehead atoms. The van der Waals surface area contributed by atoms with Crippen molar-refractivity contribution in [2.24, 2.45) is 10.9 Å². The molecule has 2 N–H and O–H groups in total. The fourth-order valence-electron chi connectivity index (χ4n) is 3.27. The van der Waals surface area contributed by atoms with Gasteiger partial charge in [-0.15, -0.1) is 0 Å². The molecule has 2 aliphatic rings. The molecule has 5 nitrogen and oxygen atoms in total. The molecule has 150 valence electrons. The van der Waals surface area contributed by atoms with Gasteiger partial charge in [-0.25, -0.2) is 0 Å². The van der Waals surface area contributed by atoms with Gasteiger partial charge in [0.2, 0.25) is 0 Å². The highest BCUT2D eigenvalue weighted by Gasteiger charge is 2.33. The molecule has 1 aromatic rings. The normalized spacial score (nSPS) is 17.5. The second kappa shape index (κ2) is 9.35. The van der Waals surface area contributed by atoms with Crippen molar-refractivity contribution in [3.05, 3.63) is 29.3 Å². The largest absolute Gasteiger partial charge is 0.434 e. The summed E-state index contributed by atoms with van der Waals surface area (Å²) in [6, 6.07) is 5.96. The molecule has 1 aromatic carbocycles. The maximum atomic E-state index is 12.6. The molecule has 7 heteroatoms. The number of rotatable bonds is 10. The molecular weight excluding hydrogens is 350 g/mol. The third kappa shape index (κ3) is 6.65. The second-order valence-corrected chi connectivity index (χ2v) is 7.51. The summed E-state index contributed by atoms with van der Waals surface area (Å²) in [5, 5.41) is 6.52. The molecule has 2 aliphatic carbocycles. The van der Waals surface area contributed by atoms with Crippen LogP contribution in [0.3, 0.4) is 0 Å². The summed E-state index contributed by atoms with van der Waals surface area (Å²) in [6.07, 6.45) is 5.39. The average molecular weight is 380 g/mol. The quantitative estimate of drug-likeness (QED) is 0.484. The first kappa shape index (κ1) is 19.9. The van der Waals surface area contributed by atoms with Crippen molar-refractivity contribution in [3.63, 3.8) is 0 Å². The van der Waals surface area contributed by atoms with Crippen molar-refractivity contribution in [1.29, 1.82) is 0 Å². The first-order valence-corrected chi connectivity index (χ1v) is 9.78. The van der Waals surface area contributed by atoms with Gasteiger partial charge < -0.3 is 15.4 Å². The van der Waals surface area contributed by atoms with Crippen molar-refractivity contribution >= 4 is 5.96 Å². The van der Waals surface area contributed by atoms with Crippen molar-refractivity contribution < 1.29 is 13.5 Å². The van der Waals surface area contributed by atoms with E-state index < -0.39 is 6.61 Å². The topological polar surface area (TPSA) is 48.9 Å². The van der Waals surface area contributed by atoms with Crippen LogP contribution in [0.1, 0.15) is 36.8 Å². The Morgan fingerprint density at radius 3 is 2.67 bits per heavy atom. The number of alkyl halides is 2. The van der Waals surface area contributed by atoms with Crippen LogP contribution in [0.25, 0.3) is 0 Å². The van der Waals surface area contributed by atoms with E-state index in [2.05, 4.69) is 25.3 Å². The van der Waals surface area contributed by atoms with Crippen molar-refractivity contribution in [3.8, 4) is 5.75 Å². The van der Waals surface area contributed by atoms with Crippen LogP contribution in [0.15, 0.2) is 23.2 Å². The number of hydrogen-bond donors (Lipinski definition) is 2. The van der Waals surface area contributed by atoms with E-state index in [4.69, 9.17) is 0 Å². The predicted molar refractivity (Wildman–Crippen MR) is 103 cm³/mol. The minimum atomic E-state index is -2.83. The minimum Gasteiger partial charge on any atom is -0.434 e. The zero-order chi connectivity index (χ0) is 19.2.